The first-order chi connectivity index (χ1) is 14.1. The van der Waals surface area contributed by atoms with Crippen LogP contribution in [0, 0.1) is 5.92 Å². The summed E-state index contributed by atoms with van der Waals surface area (Å²) in [7, 11) is 0. The molecule has 3 aliphatic rings. The number of nitrogens with one attached hydrogen (secondary N) is 2. The highest BCUT2D eigenvalue weighted by molar-refractivity contribution is 5.97. The van der Waals surface area contributed by atoms with Crippen LogP contribution in [0.1, 0.15) is 81.5 Å². The van der Waals surface area contributed by atoms with Crippen molar-refractivity contribution >= 4 is 17.7 Å². The fourth-order valence-corrected chi connectivity index (χ4v) is 5.37. The van der Waals surface area contributed by atoms with E-state index in [0.29, 0.717) is 35.3 Å². The van der Waals surface area contributed by atoms with E-state index in [-0.39, 0.29) is 0 Å². The molecule has 1 amide bonds. The minimum Gasteiger partial charge on any atom is -0.366 e. The molecule has 1 aromatic rings. The van der Waals surface area contributed by atoms with Gasteiger partial charge in [0.1, 0.15) is 5.82 Å². The minimum absolute atomic E-state index is 0.343. The average Bonchev–Trinajstić information content (AvgIpc) is 3.23. The quantitative estimate of drug-likeness (QED) is 0.677. The van der Waals surface area contributed by atoms with E-state index >= 15 is 0 Å². The van der Waals surface area contributed by atoms with Crippen molar-refractivity contribution < 1.29 is 4.79 Å². The number of nitrogens with zero attached hydrogens (tertiary/aromatic N) is 3. The van der Waals surface area contributed by atoms with Crippen LogP contribution in [0.15, 0.2) is 6.20 Å². The number of rotatable bonds is 6. The smallest absolute Gasteiger partial charge is 0.254 e. The number of likely N-dealkylation sites (tertiary alicyclic amines) is 1. The zero-order valence-electron chi connectivity index (χ0n) is 17.7. The summed E-state index contributed by atoms with van der Waals surface area (Å²) in [6, 6.07) is 1.49. The number of amides is 1. The normalized spacial score (nSPS) is 30.8. The molecule has 1 aliphatic heterocycles. The minimum atomic E-state index is -0.478. The van der Waals surface area contributed by atoms with Crippen LogP contribution in [0.5, 0.6) is 0 Å². The van der Waals surface area contributed by atoms with Gasteiger partial charge >= 0.3 is 0 Å². The third-order valence-electron chi connectivity index (χ3n) is 7.02. The summed E-state index contributed by atoms with van der Waals surface area (Å²) in [4.78, 5) is 23.6. The Morgan fingerprint density at radius 3 is 2.48 bits per heavy atom. The van der Waals surface area contributed by atoms with E-state index in [9.17, 15) is 4.79 Å². The van der Waals surface area contributed by atoms with Crippen molar-refractivity contribution in [1.82, 2.24) is 14.9 Å². The fourth-order valence-electron chi connectivity index (χ4n) is 5.37. The number of nitrogens with two attached hydrogens (primary N) is 1. The molecule has 1 aromatic heterocycles. The second-order valence-corrected chi connectivity index (χ2v) is 9.33. The first-order valence-electron chi connectivity index (χ1n) is 11.5. The van der Waals surface area contributed by atoms with Gasteiger partial charge in [-0.2, -0.15) is 4.98 Å². The van der Waals surface area contributed by atoms with E-state index in [4.69, 9.17) is 5.73 Å². The Hall–Kier alpha value is -1.89. The van der Waals surface area contributed by atoms with Gasteiger partial charge in [-0.3, -0.25) is 4.79 Å². The van der Waals surface area contributed by atoms with Crippen molar-refractivity contribution in [3.8, 4) is 0 Å². The monoisotopic (exact) mass is 400 g/mol. The SMILES string of the molecule is C[C@H]1CCC[C@@H](Nc2nc(NC3CCC(N4CCCC4)CC3)ncc2C(N)=O)C1. The van der Waals surface area contributed by atoms with Crippen molar-refractivity contribution in [2.24, 2.45) is 11.7 Å². The third-order valence-corrected chi connectivity index (χ3v) is 7.02. The van der Waals surface area contributed by atoms with Crippen molar-refractivity contribution in [3.05, 3.63) is 11.8 Å². The molecule has 7 nitrogen and oxygen atoms in total. The lowest BCUT2D eigenvalue weighted by atomic mass is 9.87. The van der Waals surface area contributed by atoms with Gasteiger partial charge in [-0.15, -0.1) is 0 Å². The topological polar surface area (TPSA) is 96.2 Å². The predicted molar refractivity (Wildman–Crippen MR) is 116 cm³/mol. The summed E-state index contributed by atoms with van der Waals surface area (Å²) >= 11 is 0. The molecule has 29 heavy (non-hydrogen) atoms. The van der Waals surface area contributed by atoms with Crippen molar-refractivity contribution in [3.63, 3.8) is 0 Å². The van der Waals surface area contributed by atoms with E-state index in [1.165, 1.54) is 51.6 Å². The average molecular weight is 401 g/mol. The van der Waals surface area contributed by atoms with E-state index in [1.807, 2.05) is 0 Å². The summed E-state index contributed by atoms with van der Waals surface area (Å²) in [6.45, 7) is 4.83. The summed E-state index contributed by atoms with van der Waals surface area (Å²) in [5.74, 6) is 1.41. The molecule has 0 aromatic carbocycles. The first-order valence-corrected chi connectivity index (χ1v) is 11.5. The molecule has 7 heteroatoms. The van der Waals surface area contributed by atoms with Gasteiger partial charge in [0, 0.05) is 24.3 Å². The molecular formula is C22H36N6O. The molecule has 2 atom stereocenters. The Morgan fingerprint density at radius 1 is 1.03 bits per heavy atom. The van der Waals surface area contributed by atoms with Gasteiger partial charge in [-0.1, -0.05) is 19.8 Å². The van der Waals surface area contributed by atoms with Crippen LogP contribution in [0.25, 0.3) is 0 Å². The molecule has 0 spiro atoms. The third kappa shape index (κ3) is 5.18. The van der Waals surface area contributed by atoms with Crippen LogP contribution in [-0.2, 0) is 0 Å². The van der Waals surface area contributed by atoms with Gasteiger partial charge < -0.3 is 21.3 Å². The van der Waals surface area contributed by atoms with Gasteiger partial charge in [-0.05, 0) is 70.4 Å². The molecule has 1 saturated heterocycles. The zero-order chi connectivity index (χ0) is 20.2. The summed E-state index contributed by atoms with van der Waals surface area (Å²) in [5.41, 5.74) is 5.95. The van der Waals surface area contributed by atoms with Crippen molar-refractivity contribution in [2.45, 2.75) is 89.3 Å². The van der Waals surface area contributed by atoms with Crippen LogP contribution in [-0.4, -0.2) is 52.0 Å². The Balaban J connectivity index is 1.38. The van der Waals surface area contributed by atoms with E-state index in [2.05, 4.69) is 32.4 Å². The molecule has 0 unspecified atom stereocenters. The van der Waals surface area contributed by atoms with Gasteiger partial charge in [0.15, 0.2) is 0 Å². The maximum absolute atomic E-state index is 11.9. The van der Waals surface area contributed by atoms with Crippen LogP contribution in [0.3, 0.4) is 0 Å². The van der Waals surface area contributed by atoms with Crippen LogP contribution in [0.2, 0.25) is 0 Å². The largest absolute Gasteiger partial charge is 0.366 e. The standard InChI is InChI=1S/C22H36N6O/c1-15-5-4-6-17(13-15)25-21-19(20(23)29)14-24-22(27-21)26-16-7-9-18(10-8-16)28-11-2-3-12-28/h14-18H,2-13H2,1H3,(H2,23,29)(H2,24,25,26,27)/t15-,16?,17+,18?/m0/s1. The summed E-state index contributed by atoms with van der Waals surface area (Å²) < 4.78 is 0. The second-order valence-electron chi connectivity index (χ2n) is 9.33. The van der Waals surface area contributed by atoms with E-state index < -0.39 is 5.91 Å². The first kappa shape index (κ1) is 20.4. The van der Waals surface area contributed by atoms with Gasteiger partial charge in [0.2, 0.25) is 5.95 Å². The van der Waals surface area contributed by atoms with Crippen LogP contribution in [0.4, 0.5) is 11.8 Å². The number of carbonyl (C=O) groups excluding carboxylic acids is 1. The number of aromatic nitrogens is 2. The molecule has 3 fully saturated rings. The second kappa shape index (κ2) is 9.28. The highest BCUT2D eigenvalue weighted by atomic mass is 16.1. The molecule has 4 rings (SSSR count). The Kier molecular flexibility index (Phi) is 6.53. The molecule has 2 heterocycles. The number of hydrogen-bond donors (Lipinski definition) is 3. The lowest BCUT2D eigenvalue weighted by Crippen LogP contribution is -2.39. The molecule has 2 aliphatic carbocycles. The lowest BCUT2D eigenvalue weighted by Gasteiger charge is -2.34. The molecule has 0 radical (unpaired) electrons. The van der Waals surface area contributed by atoms with Crippen molar-refractivity contribution in [1.29, 1.82) is 0 Å². The zero-order valence-corrected chi connectivity index (χ0v) is 17.7. The number of anilines is 2. The fraction of sp³-hybridized carbons (Fsp3) is 0.773. The van der Waals surface area contributed by atoms with Crippen molar-refractivity contribution in [2.75, 3.05) is 23.7 Å². The number of hydrogen-bond acceptors (Lipinski definition) is 6. The van der Waals surface area contributed by atoms with Gasteiger partial charge in [-0.25, -0.2) is 4.98 Å². The Bertz CT molecular complexity index is 697. The Morgan fingerprint density at radius 2 is 1.79 bits per heavy atom. The van der Waals surface area contributed by atoms with Gasteiger partial charge in [0.05, 0.1) is 5.56 Å². The number of carbonyl (C=O) groups is 1. The molecular weight excluding hydrogens is 364 g/mol. The summed E-state index contributed by atoms with van der Waals surface area (Å²) in [6.07, 6.45) is 13.7. The molecule has 160 valence electrons. The number of primary amides is 1. The highest BCUT2D eigenvalue weighted by Gasteiger charge is 2.28. The predicted octanol–water partition coefficient (Wildman–Crippen LogP) is 3.39. The molecule has 2 saturated carbocycles. The van der Waals surface area contributed by atoms with Crippen LogP contribution >= 0.6 is 0 Å². The van der Waals surface area contributed by atoms with Gasteiger partial charge in [0.25, 0.3) is 5.91 Å². The van der Waals surface area contributed by atoms with E-state index in [0.717, 1.165) is 31.7 Å². The molecule has 0 bridgehead atoms. The maximum Gasteiger partial charge on any atom is 0.254 e. The maximum atomic E-state index is 11.9. The van der Waals surface area contributed by atoms with E-state index in [1.54, 1.807) is 6.20 Å². The van der Waals surface area contributed by atoms with Crippen LogP contribution < -0.4 is 16.4 Å². The lowest BCUT2D eigenvalue weighted by molar-refractivity contribution is 0.100. The molecule has 4 N–H and O–H groups in total. The highest BCUT2D eigenvalue weighted by Crippen LogP contribution is 2.29. The Labute approximate surface area is 174 Å². The summed E-state index contributed by atoms with van der Waals surface area (Å²) in [5, 5.41) is 7.00.